The van der Waals surface area contributed by atoms with E-state index in [9.17, 15) is 9.50 Å². The molecule has 3 rings (SSSR count). The molecule has 2 nitrogen and oxygen atoms in total. The predicted molar refractivity (Wildman–Crippen MR) is 58.6 cm³/mol. The average molecular weight is 215 g/mol. The van der Waals surface area contributed by atoms with Crippen LogP contribution in [0.2, 0.25) is 0 Å². The van der Waals surface area contributed by atoms with Crippen molar-refractivity contribution in [2.75, 3.05) is 13.2 Å². The van der Waals surface area contributed by atoms with Crippen molar-refractivity contribution in [3.05, 3.63) is 0 Å². The summed E-state index contributed by atoms with van der Waals surface area (Å²) in [5.74, 6) is 0. The lowest BCUT2D eigenvalue weighted by Gasteiger charge is -2.33. The normalized spacial score (nSPS) is 41.2. The number of aliphatic hydroxyl groups excluding tert-OH is 1. The topological polar surface area (TPSA) is 23.5 Å². The summed E-state index contributed by atoms with van der Waals surface area (Å²) in [7, 11) is 0. The summed E-state index contributed by atoms with van der Waals surface area (Å²) in [6.45, 7) is 4.72. The van der Waals surface area contributed by atoms with Crippen molar-refractivity contribution >= 4 is 0 Å². The number of halogens is 1. The maximum atomic E-state index is 13.3. The predicted octanol–water partition coefficient (Wildman–Crippen LogP) is 2.11. The number of hydrogen-bond acceptors (Lipinski definition) is 2. The molecule has 88 valence electrons. The Kier molecular flexibility index (Phi) is 2.80. The highest BCUT2D eigenvalue weighted by Crippen LogP contribution is 2.58. The van der Waals surface area contributed by atoms with Crippen LogP contribution in [0.3, 0.4) is 0 Å². The molecule has 0 unspecified atom stereocenters. The van der Waals surface area contributed by atoms with Crippen molar-refractivity contribution in [1.82, 2.24) is 4.90 Å². The van der Waals surface area contributed by atoms with Gasteiger partial charge < -0.3 is 5.11 Å². The fourth-order valence-electron chi connectivity index (χ4n) is 3.41. The minimum Gasteiger partial charge on any atom is -0.394 e. The molecule has 0 aromatic carbocycles. The van der Waals surface area contributed by atoms with E-state index in [0.29, 0.717) is 18.5 Å². The van der Waals surface area contributed by atoms with Crippen molar-refractivity contribution in [2.24, 2.45) is 0 Å². The van der Waals surface area contributed by atoms with Gasteiger partial charge in [-0.3, -0.25) is 4.90 Å². The van der Waals surface area contributed by atoms with Gasteiger partial charge in [-0.15, -0.1) is 0 Å². The summed E-state index contributed by atoms with van der Waals surface area (Å²) in [4.78, 5) is 2.28. The zero-order valence-electron chi connectivity index (χ0n) is 9.80. The Morgan fingerprint density at radius 3 is 2.40 bits per heavy atom. The quantitative estimate of drug-likeness (QED) is 0.724. The summed E-state index contributed by atoms with van der Waals surface area (Å²) in [6, 6.07) is 0. The number of alkyl halides is 1. The Hall–Kier alpha value is -0.150. The molecule has 2 saturated heterocycles. The third-order valence-corrected chi connectivity index (χ3v) is 4.30. The molecule has 2 atom stereocenters. The smallest absolute Gasteiger partial charge is 0.115 e. The molecular formula is C12H22FNO. The van der Waals surface area contributed by atoms with Crippen LogP contribution >= 0.6 is 0 Å². The Morgan fingerprint density at radius 1 is 1.27 bits per heavy atom. The third-order valence-electron chi connectivity index (χ3n) is 4.30. The number of nitrogens with zero attached hydrogens (tertiary/aromatic N) is 1. The number of aliphatic hydroxyl groups is 1. The van der Waals surface area contributed by atoms with Crippen molar-refractivity contribution in [1.29, 1.82) is 0 Å². The summed E-state index contributed by atoms with van der Waals surface area (Å²) in [5.41, 5.74) is 0.152. The molecule has 1 spiro atoms. The minimum atomic E-state index is -0.704. The van der Waals surface area contributed by atoms with Crippen LogP contribution in [0.5, 0.6) is 0 Å². The van der Waals surface area contributed by atoms with Crippen molar-refractivity contribution < 1.29 is 9.50 Å². The number of hydrogen-bond donors (Lipinski definition) is 1. The van der Waals surface area contributed by atoms with Gasteiger partial charge in [0.25, 0.3) is 0 Å². The van der Waals surface area contributed by atoms with E-state index >= 15 is 0 Å². The van der Waals surface area contributed by atoms with Crippen LogP contribution in [-0.4, -0.2) is 40.4 Å². The largest absolute Gasteiger partial charge is 0.394 e. The maximum Gasteiger partial charge on any atom is 0.115 e. The Balaban J connectivity index is 0.000000404. The van der Waals surface area contributed by atoms with Crippen LogP contribution in [0.1, 0.15) is 46.0 Å². The van der Waals surface area contributed by atoms with Gasteiger partial charge >= 0.3 is 0 Å². The molecule has 0 amide bonds. The van der Waals surface area contributed by atoms with E-state index in [4.69, 9.17) is 0 Å². The molecule has 3 aliphatic rings. The van der Waals surface area contributed by atoms with Crippen LogP contribution in [-0.2, 0) is 0 Å². The molecule has 1 saturated carbocycles. The van der Waals surface area contributed by atoms with E-state index in [2.05, 4.69) is 4.90 Å². The first-order valence-electron chi connectivity index (χ1n) is 6.24. The van der Waals surface area contributed by atoms with Gasteiger partial charge in [0.15, 0.2) is 0 Å². The molecule has 0 bridgehead atoms. The van der Waals surface area contributed by atoms with E-state index in [1.165, 1.54) is 19.3 Å². The SMILES string of the molecule is CC.OC[C@]12CCC3(CC3)N1C[C@@H](F)C2. The summed E-state index contributed by atoms with van der Waals surface area (Å²) >= 11 is 0. The molecule has 2 aliphatic heterocycles. The van der Waals surface area contributed by atoms with Gasteiger partial charge in [-0.05, 0) is 25.7 Å². The lowest BCUT2D eigenvalue weighted by Crippen LogP contribution is -2.46. The standard InChI is InChI=1S/C10H16FNO.C2H6/c11-8-5-10(7-13)4-3-9(1-2-9)12(10)6-8;1-2/h8,13H,1-7H2;1-2H3/t8-,10+;/m0./s1. The van der Waals surface area contributed by atoms with Gasteiger partial charge in [0, 0.05) is 24.0 Å². The highest BCUT2D eigenvalue weighted by molar-refractivity contribution is 5.19. The first-order chi connectivity index (χ1) is 7.21. The summed E-state index contributed by atoms with van der Waals surface area (Å²) < 4.78 is 13.3. The molecule has 0 aromatic heterocycles. The van der Waals surface area contributed by atoms with Gasteiger partial charge in [-0.1, -0.05) is 13.8 Å². The fourth-order valence-corrected chi connectivity index (χ4v) is 3.41. The zero-order valence-corrected chi connectivity index (χ0v) is 9.80. The molecule has 3 heteroatoms. The van der Waals surface area contributed by atoms with E-state index in [-0.39, 0.29) is 12.1 Å². The van der Waals surface area contributed by atoms with Gasteiger partial charge in [0.2, 0.25) is 0 Å². The lowest BCUT2D eigenvalue weighted by atomic mass is 9.95. The van der Waals surface area contributed by atoms with Crippen LogP contribution in [0.4, 0.5) is 4.39 Å². The highest BCUT2D eigenvalue weighted by atomic mass is 19.1. The minimum absolute atomic E-state index is 0.148. The zero-order chi connectivity index (χ0) is 11.1. The van der Waals surface area contributed by atoms with Crippen LogP contribution in [0, 0.1) is 0 Å². The van der Waals surface area contributed by atoms with Crippen molar-refractivity contribution in [3.8, 4) is 0 Å². The van der Waals surface area contributed by atoms with Gasteiger partial charge in [-0.25, -0.2) is 4.39 Å². The fraction of sp³-hybridized carbons (Fsp3) is 1.00. The second-order valence-electron chi connectivity index (χ2n) is 5.02. The first kappa shape index (κ1) is 11.3. The van der Waals surface area contributed by atoms with Gasteiger partial charge in [0.05, 0.1) is 6.61 Å². The van der Waals surface area contributed by atoms with Gasteiger partial charge in [-0.2, -0.15) is 0 Å². The molecule has 2 heterocycles. The van der Waals surface area contributed by atoms with Crippen molar-refractivity contribution in [2.45, 2.75) is 63.2 Å². The molecule has 1 N–H and O–H groups in total. The second kappa shape index (κ2) is 3.70. The van der Waals surface area contributed by atoms with E-state index in [1.54, 1.807) is 0 Å². The molecule has 3 fully saturated rings. The van der Waals surface area contributed by atoms with E-state index in [0.717, 1.165) is 6.42 Å². The van der Waals surface area contributed by atoms with E-state index in [1.807, 2.05) is 13.8 Å². The van der Waals surface area contributed by atoms with Gasteiger partial charge in [0.1, 0.15) is 6.17 Å². The molecule has 0 aromatic rings. The van der Waals surface area contributed by atoms with Crippen LogP contribution in [0.25, 0.3) is 0 Å². The lowest BCUT2D eigenvalue weighted by molar-refractivity contribution is 0.0707. The number of rotatable bonds is 1. The highest BCUT2D eigenvalue weighted by Gasteiger charge is 2.63. The summed E-state index contributed by atoms with van der Waals surface area (Å²) in [6.07, 6.45) is 4.49. The molecule has 0 radical (unpaired) electrons. The average Bonchev–Trinajstić information content (AvgIpc) is 2.90. The summed E-state index contributed by atoms with van der Waals surface area (Å²) in [5, 5.41) is 9.40. The third kappa shape index (κ3) is 1.51. The maximum absolute atomic E-state index is 13.3. The number of fused-ring (bicyclic) bond motifs is 2. The Morgan fingerprint density at radius 2 is 1.87 bits per heavy atom. The van der Waals surface area contributed by atoms with Crippen molar-refractivity contribution in [3.63, 3.8) is 0 Å². The molecular weight excluding hydrogens is 193 g/mol. The Bertz CT molecular complexity index is 242. The second-order valence-corrected chi connectivity index (χ2v) is 5.02. The van der Waals surface area contributed by atoms with Crippen LogP contribution in [0.15, 0.2) is 0 Å². The van der Waals surface area contributed by atoms with E-state index < -0.39 is 6.17 Å². The Labute approximate surface area is 91.5 Å². The van der Waals surface area contributed by atoms with Crippen LogP contribution < -0.4 is 0 Å². The molecule has 15 heavy (non-hydrogen) atoms. The first-order valence-corrected chi connectivity index (χ1v) is 6.24. The monoisotopic (exact) mass is 215 g/mol. The molecule has 1 aliphatic carbocycles.